The maximum Gasteiger partial charge on any atom is 0.255 e. The van der Waals surface area contributed by atoms with Gasteiger partial charge in [0.15, 0.2) is 0 Å². The fourth-order valence-corrected chi connectivity index (χ4v) is 3.79. The second-order valence-electron chi connectivity index (χ2n) is 7.06. The van der Waals surface area contributed by atoms with Crippen LogP contribution in [-0.2, 0) is 0 Å². The SMILES string of the molecule is Cc1cn2cc(C(=O)N3CCN(c4ncnc5ccccc45)CC3)ccc2n1. The number of rotatable bonds is 2. The number of carbonyl (C=O) groups excluding carboxylic acids is 1. The molecule has 140 valence electrons. The predicted molar refractivity (Wildman–Crippen MR) is 108 cm³/mol. The number of amides is 1. The Balaban J connectivity index is 1.34. The van der Waals surface area contributed by atoms with E-state index in [1.54, 1.807) is 6.33 Å². The van der Waals surface area contributed by atoms with Gasteiger partial charge in [-0.15, -0.1) is 0 Å². The summed E-state index contributed by atoms with van der Waals surface area (Å²) < 4.78 is 1.91. The van der Waals surface area contributed by atoms with E-state index in [9.17, 15) is 4.79 Å². The van der Waals surface area contributed by atoms with Gasteiger partial charge in [-0.25, -0.2) is 15.0 Å². The second kappa shape index (κ2) is 6.60. The molecule has 3 aromatic heterocycles. The third-order valence-corrected chi connectivity index (χ3v) is 5.21. The van der Waals surface area contributed by atoms with Crippen LogP contribution < -0.4 is 4.90 Å². The van der Waals surface area contributed by atoms with Gasteiger partial charge in [0.1, 0.15) is 17.8 Å². The van der Waals surface area contributed by atoms with E-state index in [4.69, 9.17) is 0 Å². The van der Waals surface area contributed by atoms with E-state index in [2.05, 4.69) is 19.9 Å². The number of piperazine rings is 1. The number of anilines is 1. The van der Waals surface area contributed by atoms with E-state index >= 15 is 0 Å². The molecule has 1 aliphatic heterocycles. The number of pyridine rings is 1. The zero-order valence-electron chi connectivity index (χ0n) is 15.6. The van der Waals surface area contributed by atoms with E-state index in [0.717, 1.165) is 41.2 Å². The number of aryl methyl sites for hydroxylation is 1. The first-order valence-electron chi connectivity index (χ1n) is 9.38. The molecule has 1 saturated heterocycles. The molecule has 1 fully saturated rings. The minimum atomic E-state index is 0.0560. The number of para-hydroxylation sites is 1. The summed E-state index contributed by atoms with van der Waals surface area (Å²) in [5.74, 6) is 0.994. The van der Waals surface area contributed by atoms with Crippen LogP contribution in [0.4, 0.5) is 5.82 Å². The lowest BCUT2D eigenvalue weighted by Crippen LogP contribution is -2.49. The molecular weight excluding hydrogens is 352 g/mol. The minimum absolute atomic E-state index is 0.0560. The van der Waals surface area contributed by atoms with Crippen molar-refractivity contribution in [3.63, 3.8) is 0 Å². The Morgan fingerprint density at radius 1 is 0.964 bits per heavy atom. The molecule has 4 aromatic rings. The number of carbonyl (C=O) groups is 1. The van der Waals surface area contributed by atoms with Gasteiger partial charge in [-0.2, -0.15) is 0 Å². The van der Waals surface area contributed by atoms with Crippen molar-refractivity contribution in [3.8, 4) is 0 Å². The van der Waals surface area contributed by atoms with Crippen molar-refractivity contribution >= 4 is 28.3 Å². The fourth-order valence-electron chi connectivity index (χ4n) is 3.79. The molecule has 0 atom stereocenters. The molecule has 28 heavy (non-hydrogen) atoms. The largest absolute Gasteiger partial charge is 0.352 e. The molecule has 5 rings (SSSR count). The quantitative estimate of drug-likeness (QED) is 0.541. The van der Waals surface area contributed by atoms with Crippen LogP contribution in [0.1, 0.15) is 16.1 Å². The summed E-state index contributed by atoms with van der Waals surface area (Å²) in [5.41, 5.74) is 3.42. The van der Waals surface area contributed by atoms with Gasteiger partial charge >= 0.3 is 0 Å². The summed E-state index contributed by atoms with van der Waals surface area (Å²) in [7, 11) is 0. The normalized spacial score (nSPS) is 14.8. The molecule has 1 aromatic carbocycles. The van der Waals surface area contributed by atoms with Crippen LogP contribution in [0.25, 0.3) is 16.6 Å². The van der Waals surface area contributed by atoms with Gasteiger partial charge < -0.3 is 14.2 Å². The van der Waals surface area contributed by atoms with Gasteiger partial charge in [0.05, 0.1) is 16.8 Å². The Kier molecular flexibility index (Phi) is 3.93. The van der Waals surface area contributed by atoms with E-state index in [-0.39, 0.29) is 5.91 Å². The first-order valence-corrected chi connectivity index (χ1v) is 9.38. The Morgan fingerprint density at radius 3 is 2.64 bits per heavy atom. The lowest BCUT2D eigenvalue weighted by Gasteiger charge is -2.35. The second-order valence-corrected chi connectivity index (χ2v) is 7.06. The highest BCUT2D eigenvalue weighted by molar-refractivity contribution is 5.94. The Hall–Kier alpha value is -3.48. The van der Waals surface area contributed by atoms with Crippen molar-refractivity contribution in [3.05, 3.63) is 66.4 Å². The van der Waals surface area contributed by atoms with Gasteiger partial charge in [0.25, 0.3) is 5.91 Å². The van der Waals surface area contributed by atoms with Crippen LogP contribution >= 0.6 is 0 Å². The predicted octanol–water partition coefficient (Wildman–Crippen LogP) is 2.55. The first-order chi connectivity index (χ1) is 13.7. The fraction of sp³-hybridized carbons (Fsp3) is 0.238. The summed E-state index contributed by atoms with van der Waals surface area (Å²) in [6.45, 7) is 4.78. The van der Waals surface area contributed by atoms with Crippen molar-refractivity contribution in [2.45, 2.75) is 6.92 Å². The highest BCUT2D eigenvalue weighted by atomic mass is 16.2. The van der Waals surface area contributed by atoms with Gasteiger partial charge in [-0.1, -0.05) is 12.1 Å². The number of hydrogen-bond acceptors (Lipinski definition) is 5. The Labute approximate surface area is 162 Å². The number of nitrogens with zero attached hydrogens (tertiary/aromatic N) is 6. The lowest BCUT2D eigenvalue weighted by atomic mass is 10.2. The van der Waals surface area contributed by atoms with E-state index in [0.29, 0.717) is 18.7 Å². The van der Waals surface area contributed by atoms with Crippen molar-refractivity contribution in [2.24, 2.45) is 0 Å². The molecule has 4 heterocycles. The van der Waals surface area contributed by atoms with Crippen molar-refractivity contribution in [1.29, 1.82) is 0 Å². The Bertz CT molecular complexity index is 1170. The summed E-state index contributed by atoms with van der Waals surface area (Å²) in [6, 6.07) is 11.8. The van der Waals surface area contributed by atoms with Crippen molar-refractivity contribution in [2.75, 3.05) is 31.1 Å². The van der Waals surface area contributed by atoms with Crippen LogP contribution in [0.3, 0.4) is 0 Å². The number of hydrogen-bond donors (Lipinski definition) is 0. The molecular formula is C21H20N6O. The molecule has 0 bridgehead atoms. The maximum atomic E-state index is 13.0. The molecule has 7 nitrogen and oxygen atoms in total. The third kappa shape index (κ3) is 2.85. The minimum Gasteiger partial charge on any atom is -0.352 e. The van der Waals surface area contributed by atoms with Crippen LogP contribution in [0.15, 0.2) is 55.1 Å². The zero-order valence-corrected chi connectivity index (χ0v) is 15.6. The van der Waals surface area contributed by atoms with E-state index < -0.39 is 0 Å². The number of imidazole rings is 1. The highest BCUT2D eigenvalue weighted by Crippen LogP contribution is 2.24. The number of aromatic nitrogens is 4. The summed E-state index contributed by atoms with van der Waals surface area (Å²) in [5, 5.41) is 1.05. The Morgan fingerprint density at radius 2 is 1.79 bits per heavy atom. The zero-order chi connectivity index (χ0) is 19.1. The summed E-state index contributed by atoms with van der Waals surface area (Å²) >= 11 is 0. The van der Waals surface area contributed by atoms with Crippen LogP contribution in [0.5, 0.6) is 0 Å². The first kappa shape index (κ1) is 16.7. The average Bonchev–Trinajstić information content (AvgIpc) is 3.12. The van der Waals surface area contributed by atoms with E-state index in [1.165, 1.54) is 0 Å². The van der Waals surface area contributed by atoms with Crippen LogP contribution in [0.2, 0.25) is 0 Å². The van der Waals surface area contributed by atoms with E-state index in [1.807, 2.05) is 65.0 Å². The molecule has 0 N–H and O–H groups in total. The maximum absolute atomic E-state index is 13.0. The molecule has 0 unspecified atom stereocenters. The molecule has 0 spiro atoms. The summed E-state index contributed by atoms with van der Waals surface area (Å²) in [4.78, 5) is 30.3. The molecule has 1 amide bonds. The van der Waals surface area contributed by atoms with Crippen molar-refractivity contribution in [1.82, 2.24) is 24.3 Å². The molecule has 0 saturated carbocycles. The third-order valence-electron chi connectivity index (χ3n) is 5.21. The van der Waals surface area contributed by atoms with Gasteiger partial charge in [-0.05, 0) is 31.2 Å². The lowest BCUT2D eigenvalue weighted by molar-refractivity contribution is 0.0746. The van der Waals surface area contributed by atoms with Gasteiger partial charge in [-0.3, -0.25) is 4.79 Å². The molecule has 1 aliphatic rings. The standard InChI is InChI=1S/C21H20N6O/c1-15-12-27-13-16(6-7-19(27)24-15)21(28)26-10-8-25(9-11-26)20-17-4-2-3-5-18(17)22-14-23-20/h2-7,12-14H,8-11H2,1H3. The highest BCUT2D eigenvalue weighted by Gasteiger charge is 2.24. The van der Waals surface area contributed by atoms with Gasteiger partial charge in [0.2, 0.25) is 0 Å². The topological polar surface area (TPSA) is 66.6 Å². The van der Waals surface area contributed by atoms with Gasteiger partial charge in [0, 0.05) is 44.0 Å². The van der Waals surface area contributed by atoms with Crippen LogP contribution in [-0.4, -0.2) is 56.3 Å². The van der Waals surface area contributed by atoms with Crippen molar-refractivity contribution < 1.29 is 4.79 Å². The van der Waals surface area contributed by atoms with Crippen LogP contribution in [0, 0.1) is 6.92 Å². The smallest absolute Gasteiger partial charge is 0.255 e. The number of fused-ring (bicyclic) bond motifs is 2. The average molecular weight is 372 g/mol. The molecule has 0 aliphatic carbocycles. The number of benzene rings is 1. The molecule has 0 radical (unpaired) electrons. The monoisotopic (exact) mass is 372 g/mol. The molecule has 7 heteroatoms. The summed E-state index contributed by atoms with van der Waals surface area (Å²) in [6.07, 6.45) is 5.41.